The highest BCUT2D eigenvalue weighted by atomic mass is 35.5. The van der Waals surface area contributed by atoms with Gasteiger partial charge in [-0.05, 0) is 18.1 Å². The van der Waals surface area contributed by atoms with E-state index >= 15 is 0 Å². The van der Waals surface area contributed by atoms with Crippen LogP contribution in [0.5, 0.6) is 0 Å². The zero-order valence-corrected chi connectivity index (χ0v) is 11.5. The molecule has 1 unspecified atom stereocenters. The second-order valence-electron chi connectivity index (χ2n) is 5.06. The SMILES string of the molecule is CC(C)(C)[Si](C)(C)OC(CCl)CC=O. The summed E-state index contributed by atoms with van der Waals surface area (Å²) in [6, 6.07) is 0. The van der Waals surface area contributed by atoms with Crippen LogP contribution in [0.25, 0.3) is 0 Å². The summed E-state index contributed by atoms with van der Waals surface area (Å²) in [5, 5.41) is 0.167. The topological polar surface area (TPSA) is 26.3 Å². The summed E-state index contributed by atoms with van der Waals surface area (Å²) in [5.41, 5.74) is 0. The number of rotatable bonds is 5. The van der Waals surface area contributed by atoms with Gasteiger partial charge in [-0.25, -0.2) is 0 Å². The molecule has 1 atom stereocenters. The summed E-state index contributed by atoms with van der Waals surface area (Å²) in [6.45, 7) is 10.8. The second-order valence-corrected chi connectivity index (χ2v) is 10.1. The van der Waals surface area contributed by atoms with Gasteiger partial charge in [0.2, 0.25) is 0 Å². The molecular weight excluding hydrogens is 216 g/mol. The van der Waals surface area contributed by atoms with Crippen molar-refractivity contribution in [3.05, 3.63) is 0 Å². The van der Waals surface area contributed by atoms with Crippen LogP contribution in [0.3, 0.4) is 0 Å². The predicted octanol–water partition coefficient (Wildman–Crippen LogP) is 3.20. The molecule has 0 N–H and O–H groups in total. The summed E-state index contributed by atoms with van der Waals surface area (Å²) < 4.78 is 5.97. The molecule has 84 valence electrons. The van der Waals surface area contributed by atoms with Crippen molar-refractivity contribution in [2.45, 2.75) is 51.4 Å². The lowest BCUT2D eigenvalue weighted by Crippen LogP contribution is -2.44. The molecule has 0 aliphatic heterocycles. The number of carbonyl (C=O) groups excluding carboxylic acids is 1. The van der Waals surface area contributed by atoms with Crippen molar-refractivity contribution in [1.29, 1.82) is 0 Å². The van der Waals surface area contributed by atoms with Gasteiger partial charge in [-0.15, -0.1) is 11.6 Å². The Morgan fingerprint density at radius 1 is 1.43 bits per heavy atom. The Morgan fingerprint density at radius 2 is 1.93 bits per heavy atom. The van der Waals surface area contributed by atoms with Gasteiger partial charge >= 0.3 is 0 Å². The molecule has 0 radical (unpaired) electrons. The highest BCUT2D eigenvalue weighted by Gasteiger charge is 2.38. The van der Waals surface area contributed by atoms with Crippen LogP contribution < -0.4 is 0 Å². The average Bonchev–Trinajstić information content (AvgIpc) is 2.01. The maximum atomic E-state index is 10.4. The van der Waals surface area contributed by atoms with Gasteiger partial charge in [0, 0.05) is 12.3 Å². The highest BCUT2D eigenvalue weighted by Crippen LogP contribution is 2.37. The van der Waals surface area contributed by atoms with Crippen LogP contribution >= 0.6 is 11.6 Å². The number of hydrogen-bond acceptors (Lipinski definition) is 2. The van der Waals surface area contributed by atoms with E-state index in [9.17, 15) is 4.79 Å². The van der Waals surface area contributed by atoms with E-state index in [0.29, 0.717) is 12.3 Å². The van der Waals surface area contributed by atoms with E-state index in [1.165, 1.54) is 0 Å². The van der Waals surface area contributed by atoms with Crippen LogP contribution in [0.2, 0.25) is 18.1 Å². The molecular formula is C10H21ClO2Si. The van der Waals surface area contributed by atoms with Gasteiger partial charge in [-0.1, -0.05) is 20.8 Å². The van der Waals surface area contributed by atoms with Gasteiger partial charge in [0.15, 0.2) is 8.32 Å². The monoisotopic (exact) mass is 236 g/mol. The van der Waals surface area contributed by atoms with Crippen molar-refractivity contribution in [2.75, 3.05) is 5.88 Å². The lowest BCUT2D eigenvalue weighted by atomic mass is 10.2. The molecule has 14 heavy (non-hydrogen) atoms. The van der Waals surface area contributed by atoms with E-state index in [1.807, 2.05) is 0 Å². The van der Waals surface area contributed by atoms with Gasteiger partial charge in [0.05, 0.1) is 6.10 Å². The number of aldehydes is 1. The predicted molar refractivity (Wildman–Crippen MR) is 63.5 cm³/mol. The first-order valence-corrected chi connectivity index (χ1v) is 8.36. The summed E-state index contributed by atoms with van der Waals surface area (Å²) >= 11 is 5.74. The van der Waals surface area contributed by atoms with Crippen LogP contribution in [0.4, 0.5) is 0 Å². The second kappa shape index (κ2) is 5.28. The average molecular weight is 237 g/mol. The van der Waals surface area contributed by atoms with E-state index in [0.717, 1.165) is 6.29 Å². The molecule has 0 saturated heterocycles. The molecule has 0 bridgehead atoms. The van der Waals surface area contributed by atoms with Gasteiger partial charge in [0.1, 0.15) is 6.29 Å². The van der Waals surface area contributed by atoms with Crippen LogP contribution in [0.1, 0.15) is 27.2 Å². The van der Waals surface area contributed by atoms with Crippen molar-refractivity contribution in [3.8, 4) is 0 Å². The van der Waals surface area contributed by atoms with Crippen LogP contribution in [0.15, 0.2) is 0 Å². The van der Waals surface area contributed by atoms with E-state index in [2.05, 4.69) is 33.9 Å². The zero-order valence-electron chi connectivity index (χ0n) is 9.76. The van der Waals surface area contributed by atoms with E-state index in [1.54, 1.807) is 0 Å². The Balaban J connectivity index is 4.39. The Morgan fingerprint density at radius 3 is 2.21 bits per heavy atom. The zero-order chi connectivity index (χ0) is 11.4. The fourth-order valence-corrected chi connectivity index (χ4v) is 2.50. The Labute approximate surface area is 93.1 Å². The van der Waals surface area contributed by atoms with Crippen molar-refractivity contribution in [3.63, 3.8) is 0 Å². The first-order valence-electron chi connectivity index (χ1n) is 4.92. The van der Waals surface area contributed by atoms with Gasteiger partial charge in [0.25, 0.3) is 0 Å². The maximum Gasteiger partial charge on any atom is 0.192 e. The molecule has 0 aliphatic rings. The normalized spacial score (nSPS) is 15.3. The molecule has 0 aromatic heterocycles. The van der Waals surface area contributed by atoms with E-state index < -0.39 is 8.32 Å². The van der Waals surface area contributed by atoms with Crippen molar-refractivity contribution in [1.82, 2.24) is 0 Å². The first-order chi connectivity index (χ1) is 6.24. The third-order valence-electron chi connectivity index (χ3n) is 2.80. The van der Waals surface area contributed by atoms with Gasteiger partial charge in [-0.2, -0.15) is 0 Å². The minimum absolute atomic E-state index is 0.116. The van der Waals surface area contributed by atoms with Crippen LogP contribution in [0, 0.1) is 0 Å². The molecule has 0 fully saturated rings. The number of hydrogen-bond donors (Lipinski definition) is 0. The third kappa shape index (κ3) is 4.11. The third-order valence-corrected chi connectivity index (χ3v) is 7.68. The molecule has 0 rings (SSSR count). The van der Waals surface area contributed by atoms with Crippen molar-refractivity contribution < 1.29 is 9.22 Å². The van der Waals surface area contributed by atoms with Crippen LogP contribution in [-0.2, 0) is 9.22 Å². The standard InChI is InChI=1S/C10H21ClO2Si/c1-10(2,3)14(4,5)13-9(8-11)6-7-12/h7,9H,6,8H2,1-5H3. The molecule has 0 aromatic rings. The minimum Gasteiger partial charge on any atom is -0.412 e. The minimum atomic E-state index is -1.77. The van der Waals surface area contributed by atoms with Gasteiger partial charge < -0.3 is 9.22 Å². The number of alkyl halides is 1. The molecule has 2 nitrogen and oxygen atoms in total. The molecule has 0 spiro atoms. The lowest BCUT2D eigenvalue weighted by Gasteiger charge is -2.38. The molecule has 0 aromatic carbocycles. The maximum absolute atomic E-state index is 10.4. The van der Waals surface area contributed by atoms with E-state index in [4.69, 9.17) is 16.0 Å². The molecule has 0 aliphatic carbocycles. The number of halogens is 1. The Hall–Kier alpha value is 0.137. The van der Waals surface area contributed by atoms with Gasteiger partial charge in [-0.3, -0.25) is 0 Å². The van der Waals surface area contributed by atoms with E-state index in [-0.39, 0.29) is 11.1 Å². The quantitative estimate of drug-likeness (QED) is 0.416. The largest absolute Gasteiger partial charge is 0.412 e. The van der Waals surface area contributed by atoms with Crippen molar-refractivity contribution >= 4 is 26.2 Å². The summed E-state index contributed by atoms with van der Waals surface area (Å²) in [5.74, 6) is 0.394. The summed E-state index contributed by atoms with van der Waals surface area (Å²) in [7, 11) is -1.77. The molecule has 4 heteroatoms. The van der Waals surface area contributed by atoms with Crippen LogP contribution in [-0.4, -0.2) is 26.6 Å². The molecule has 0 heterocycles. The fraction of sp³-hybridized carbons (Fsp3) is 0.900. The Bertz CT molecular complexity index is 187. The lowest BCUT2D eigenvalue weighted by molar-refractivity contribution is -0.109. The summed E-state index contributed by atoms with van der Waals surface area (Å²) in [4.78, 5) is 10.4. The van der Waals surface area contributed by atoms with Crippen molar-refractivity contribution in [2.24, 2.45) is 0 Å². The summed E-state index contributed by atoms with van der Waals surface area (Å²) in [6.07, 6.45) is 1.16. The smallest absolute Gasteiger partial charge is 0.192 e. The molecule has 0 amide bonds. The first kappa shape index (κ1) is 14.1. The Kier molecular flexibility index (Phi) is 5.34. The fourth-order valence-electron chi connectivity index (χ4n) is 0.843. The highest BCUT2D eigenvalue weighted by molar-refractivity contribution is 6.74. The number of carbonyl (C=O) groups is 1. The molecule has 0 saturated carbocycles.